The fraction of sp³-hybridized carbons (Fsp3) is 0.205. The molecule has 0 aliphatic heterocycles. The Morgan fingerprint density at radius 2 is 0.318 bits per heavy atom. The fourth-order valence-corrected chi connectivity index (χ4v) is 8.48. The lowest BCUT2D eigenvalue weighted by molar-refractivity contribution is 0.274. The van der Waals surface area contributed by atoms with Crippen molar-refractivity contribution in [3.05, 3.63) is 166 Å². The monoisotopic (exact) mass is 1240 g/mol. The summed E-state index contributed by atoms with van der Waals surface area (Å²) in [4.78, 5) is 0. The van der Waals surface area contributed by atoms with Crippen LogP contribution in [0.1, 0.15) is 38.9 Å². The Labute approximate surface area is 523 Å². The van der Waals surface area contributed by atoms with Crippen LogP contribution in [0.3, 0.4) is 0 Å². The summed E-state index contributed by atoms with van der Waals surface area (Å²) in [6.07, 6.45) is 43.9. The topological polar surface area (TPSA) is 129 Å². The second-order valence-electron chi connectivity index (χ2n) is 18.5. The molecule has 7 rings (SSSR count). The number of ether oxygens (including phenoxy) is 14. The van der Waals surface area contributed by atoms with Gasteiger partial charge < -0.3 is 66.3 Å². The second-order valence-corrected chi connectivity index (χ2v) is 19.1. The van der Waals surface area contributed by atoms with Gasteiger partial charge in [0, 0.05) is 47.8 Å². The lowest BCUT2D eigenvalue weighted by Gasteiger charge is -2.16. The minimum atomic E-state index is 0.0517. The van der Waals surface area contributed by atoms with Gasteiger partial charge in [-0.1, -0.05) is 63.3 Å². The van der Waals surface area contributed by atoms with E-state index in [4.69, 9.17) is 118 Å². The highest BCUT2D eigenvalue weighted by Gasteiger charge is 2.14. The van der Waals surface area contributed by atoms with Crippen molar-refractivity contribution in [2.45, 2.75) is 45.0 Å². The number of rotatable bonds is 35. The zero-order valence-electron chi connectivity index (χ0n) is 47.9. The molecule has 0 bridgehead atoms. The van der Waals surface area contributed by atoms with Crippen molar-refractivity contribution < 1.29 is 66.3 Å². The maximum atomic E-state index is 6.53. The lowest BCUT2D eigenvalue weighted by atomic mass is 10.2. The molecule has 14 nitrogen and oxygen atoms in total. The molecule has 0 aliphatic carbocycles. The highest BCUT2D eigenvalue weighted by atomic mass is 79.9. The normalized spacial score (nSPS) is 10.0. The first-order valence-electron chi connectivity index (χ1n) is 26.9. The SMILES string of the molecule is C#CCOc1cc(COc2cc(COc3cc(CBr)cc(OCc4cc(OCc5cc(OCC#C)cc(OCC#C)c5)cc(OCc5cc(OCC#C)cc(OCC#C)c5)c4)c3)cc(OCc3cc(OCC#C)cc(OCC#C)c3)c2)cc(OCC#C)c1. The van der Waals surface area contributed by atoms with E-state index in [1.165, 1.54) is 0 Å². The van der Waals surface area contributed by atoms with Gasteiger partial charge in [0.15, 0.2) is 0 Å². The maximum Gasteiger partial charge on any atom is 0.148 e. The van der Waals surface area contributed by atoms with Gasteiger partial charge in [0.1, 0.15) is 173 Å². The molecule has 0 aromatic heterocycles. The standard InChI is InChI=1S/C73H59BrO14/c1-9-17-75-60-27-54(28-61(39-60)76-18-10-2)47-85-70-35-58(36-71(44-70)86-48-55-29-62(77-19-11-3)40-63(30-55)78-20-12-4)51-83-68-25-53(46-74)26-69(43-68)84-52-59-37-72(87-49-56-31-64(79-21-13-5)41-65(32-56)80-22-14-6)45-73(38-59)88-50-57-33-66(81-23-15-7)42-67(34-57)82-24-16-8/h1-8,25-45H,17-24,46-52H2. The Bertz CT molecular complexity index is 3250. The molecule has 0 amide bonds. The van der Waals surface area contributed by atoms with E-state index >= 15 is 0 Å². The predicted octanol–water partition coefficient (Wildman–Crippen LogP) is 12.2. The van der Waals surface area contributed by atoms with E-state index in [1.54, 1.807) is 91.0 Å². The molecule has 15 heteroatoms. The molecule has 442 valence electrons. The summed E-state index contributed by atoms with van der Waals surface area (Å²) in [6, 6.07) is 37.8. The highest BCUT2D eigenvalue weighted by molar-refractivity contribution is 9.08. The van der Waals surface area contributed by atoms with Crippen LogP contribution in [-0.2, 0) is 45.0 Å². The van der Waals surface area contributed by atoms with Crippen molar-refractivity contribution in [3.8, 4) is 179 Å². The summed E-state index contributed by atoms with van der Waals surface area (Å²) in [5.74, 6) is 26.6. The maximum absolute atomic E-state index is 6.53. The smallest absolute Gasteiger partial charge is 0.148 e. The number of hydrogen-bond acceptors (Lipinski definition) is 14. The van der Waals surface area contributed by atoms with E-state index < -0.39 is 0 Å². The minimum Gasteiger partial charge on any atom is -0.489 e. The van der Waals surface area contributed by atoms with Gasteiger partial charge in [0.2, 0.25) is 0 Å². The first kappa shape index (κ1) is 64.3. The Hall–Kier alpha value is -11.3. The molecule has 7 aromatic rings. The van der Waals surface area contributed by atoms with Crippen LogP contribution >= 0.6 is 15.9 Å². The van der Waals surface area contributed by atoms with Gasteiger partial charge in [-0.25, -0.2) is 0 Å². The van der Waals surface area contributed by atoms with Crippen LogP contribution in [0.15, 0.2) is 127 Å². The van der Waals surface area contributed by atoms with Crippen molar-refractivity contribution in [1.82, 2.24) is 0 Å². The van der Waals surface area contributed by atoms with Crippen molar-refractivity contribution in [3.63, 3.8) is 0 Å². The molecule has 0 atom stereocenters. The van der Waals surface area contributed by atoms with Crippen molar-refractivity contribution in [2.75, 3.05) is 52.9 Å². The van der Waals surface area contributed by atoms with Crippen LogP contribution in [0, 0.1) is 98.8 Å². The van der Waals surface area contributed by atoms with Crippen LogP contribution in [0.2, 0.25) is 0 Å². The zero-order valence-corrected chi connectivity index (χ0v) is 49.5. The molecule has 0 radical (unpaired) electrons. The Morgan fingerprint density at radius 3 is 0.443 bits per heavy atom. The van der Waals surface area contributed by atoms with E-state index in [-0.39, 0.29) is 92.5 Å². The molecule has 0 saturated carbocycles. The third-order valence-electron chi connectivity index (χ3n) is 11.7. The second kappa shape index (κ2) is 35.1. The molecule has 0 fully saturated rings. The Morgan fingerprint density at radius 1 is 0.193 bits per heavy atom. The van der Waals surface area contributed by atoms with Crippen LogP contribution in [0.25, 0.3) is 0 Å². The minimum absolute atomic E-state index is 0.0517. The number of terminal acetylenes is 8. The van der Waals surface area contributed by atoms with Crippen LogP contribution in [-0.4, -0.2) is 52.9 Å². The van der Waals surface area contributed by atoms with Crippen molar-refractivity contribution >= 4 is 15.9 Å². The fourth-order valence-electron chi connectivity index (χ4n) is 8.16. The zero-order chi connectivity index (χ0) is 62.1. The van der Waals surface area contributed by atoms with Crippen molar-refractivity contribution in [1.29, 1.82) is 0 Å². The summed E-state index contributed by atoms with van der Waals surface area (Å²) in [7, 11) is 0. The van der Waals surface area contributed by atoms with E-state index in [1.807, 2.05) is 36.4 Å². The first-order chi connectivity index (χ1) is 43.1. The van der Waals surface area contributed by atoms with Crippen LogP contribution in [0.4, 0.5) is 0 Å². The molecule has 0 unspecified atom stereocenters. The van der Waals surface area contributed by atoms with Gasteiger partial charge in [-0.05, 0) is 124 Å². The van der Waals surface area contributed by atoms with Crippen LogP contribution in [0.5, 0.6) is 80.5 Å². The van der Waals surface area contributed by atoms with Gasteiger partial charge in [-0.3, -0.25) is 0 Å². The summed E-state index contributed by atoms with van der Waals surface area (Å²) >= 11 is 3.63. The van der Waals surface area contributed by atoms with E-state index in [9.17, 15) is 0 Å². The molecular formula is C73H59BrO14. The highest BCUT2D eigenvalue weighted by Crippen LogP contribution is 2.34. The molecular weight excluding hydrogens is 1180 g/mol. The predicted molar refractivity (Wildman–Crippen MR) is 338 cm³/mol. The molecule has 0 N–H and O–H groups in total. The summed E-state index contributed by atoms with van der Waals surface area (Å²) in [6.45, 7) is 1.00. The van der Waals surface area contributed by atoms with E-state index in [0.29, 0.717) is 97.0 Å². The molecule has 0 saturated heterocycles. The number of hydrogen-bond donors (Lipinski definition) is 0. The van der Waals surface area contributed by atoms with Gasteiger partial charge in [-0.2, -0.15) is 0 Å². The summed E-state index contributed by atoms with van der Waals surface area (Å²) in [5, 5.41) is 0.493. The third kappa shape index (κ3) is 21.7. The number of halogens is 1. The van der Waals surface area contributed by atoms with E-state index in [0.717, 1.165) is 27.8 Å². The quantitative estimate of drug-likeness (QED) is 0.0276. The number of alkyl halides is 1. The molecule has 0 heterocycles. The molecule has 7 aromatic carbocycles. The third-order valence-corrected chi connectivity index (χ3v) is 12.4. The molecule has 0 spiro atoms. The molecule has 88 heavy (non-hydrogen) atoms. The lowest BCUT2D eigenvalue weighted by Crippen LogP contribution is -2.04. The summed E-state index contributed by atoms with van der Waals surface area (Å²) in [5.41, 5.74) is 5.20. The van der Waals surface area contributed by atoms with Gasteiger partial charge in [0.25, 0.3) is 0 Å². The molecule has 0 aliphatic rings. The average Bonchev–Trinajstić information content (AvgIpc) is 3.74. The first-order valence-corrected chi connectivity index (χ1v) is 28.0. The Kier molecular flexibility index (Phi) is 25.6. The van der Waals surface area contributed by atoms with E-state index in [2.05, 4.69) is 63.3 Å². The average molecular weight is 1240 g/mol. The number of benzene rings is 7. The Balaban J connectivity index is 1.14. The van der Waals surface area contributed by atoms with Gasteiger partial charge >= 0.3 is 0 Å². The van der Waals surface area contributed by atoms with Crippen molar-refractivity contribution in [2.24, 2.45) is 0 Å². The van der Waals surface area contributed by atoms with Gasteiger partial charge in [-0.15, -0.1) is 51.4 Å². The van der Waals surface area contributed by atoms with Gasteiger partial charge in [0.05, 0.1) is 0 Å². The largest absolute Gasteiger partial charge is 0.489 e. The van der Waals surface area contributed by atoms with Crippen LogP contribution < -0.4 is 66.3 Å². The summed E-state index contributed by atoms with van der Waals surface area (Å²) < 4.78 is 84.6.